The zero-order chi connectivity index (χ0) is 15.2. The normalized spacial score (nSPS) is 11.4. The Balaban J connectivity index is 2.01. The summed E-state index contributed by atoms with van der Waals surface area (Å²) in [4.78, 5) is 10.9. The lowest BCUT2D eigenvalue weighted by Crippen LogP contribution is -2.07. The molecule has 0 spiro atoms. The highest BCUT2D eigenvalue weighted by atomic mass is 16.4. The summed E-state index contributed by atoms with van der Waals surface area (Å²) in [5.74, 6) is 1.30. The molecule has 3 nitrogen and oxygen atoms in total. The Kier molecular flexibility index (Phi) is 4.63. The molecule has 0 aliphatic heterocycles. The van der Waals surface area contributed by atoms with Crippen LogP contribution >= 0.6 is 0 Å². The summed E-state index contributed by atoms with van der Waals surface area (Å²) < 4.78 is 0. The van der Waals surface area contributed by atoms with Crippen molar-refractivity contribution < 1.29 is 9.90 Å². The highest BCUT2D eigenvalue weighted by Crippen LogP contribution is 2.17. The van der Waals surface area contributed by atoms with Crippen LogP contribution in [-0.2, 0) is 11.3 Å². The van der Waals surface area contributed by atoms with Crippen LogP contribution in [0.1, 0.15) is 29.5 Å². The van der Waals surface area contributed by atoms with Gasteiger partial charge in [0.15, 0.2) is 0 Å². The fraction of sp³-hybridized carbons (Fsp3) is 0.167. The number of carboxylic acids is 1. The molecule has 0 heterocycles. The first kappa shape index (κ1) is 14.7. The Morgan fingerprint density at radius 1 is 1.29 bits per heavy atom. The Morgan fingerprint density at radius 3 is 2.62 bits per heavy atom. The van der Waals surface area contributed by atoms with Crippen molar-refractivity contribution in [2.24, 2.45) is 0 Å². The van der Waals surface area contributed by atoms with E-state index < -0.39 is 11.9 Å². The lowest BCUT2D eigenvalue weighted by Gasteiger charge is -2.10. The molecule has 2 aromatic carbocycles. The molecular weight excluding hydrogens is 262 g/mol. The second-order valence-electron chi connectivity index (χ2n) is 4.88. The van der Waals surface area contributed by atoms with Gasteiger partial charge in [0.1, 0.15) is 0 Å². The first-order chi connectivity index (χ1) is 10.1. The molecule has 3 heteroatoms. The maximum Gasteiger partial charge on any atom is 0.310 e. The van der Waals surface area contributed by atoms with Crippen molar-refractivity contribution in [2.45, 2.75) is 19.4 Å². The Labute approximate surface area is 124 Å². The van der Waals surface area contributed by atoms with Crippen LogP contribution in [0.3, 0.4) is 0 Å². The maximum atomic E-state index is 10.9. The van der Waals surface area contributed by atoms with Crippen molar-refractivity contribution in [3.63, 3.8) is 0 Å². The standard InChI is InChI=1S/C18H17NO2/c1-3-14-5-4-6-17(11-14)19-12-15-7-9-16(10-8-15)13(2)18(20)21/h1,4-11,13,19H,12H2,2H3,(H,20,21). The van der Waals surface area contributed by atoms with E-state index in [2.05, 4.69) is 11.2 Å². The molecule has 0 bridgehead atoms. The summed E-state index contributed by atoms with van der Waals surface area (Å²) in [6.07, 6.45) is 5.37. The summed E-state index contributed by atoms with van der Waals surface area (Å²) >= 11 is 0. The molecule has 0 aliphatic carbocycles. The second-order valence-corrected chi connectivity index (χ2v) is 4.88. The van der Waals surface area contributed by atoms with Gasteiger partial charge in [-0.1, -0.05) is 36.3 Å². The summed E-state index contributed by atoms with van der Waals surface area (Å²) in [7, 11) is 0. The summed E-state index contributed by atoms with van der Waals surface area (Å²) in [6, 6.07) is 15.3. The van der Waals surface area contributed by atoms with Gasteiger partial charge < -0.3 is 10.4 Å². The third kappa shape index (κ3) is 3.87. The lowest BCUT2D eigenvalue weighted by atomic mass is 10.00. The van der Waals surface area contributed by atoms with E-state index in [1.807, 2.05) is 48.5 Å². The molecule has 0 aromatic heterocycles. The number of benzene rings is 2. The third-order valence-electron chi connectivity index (χ3n) is 3.38. The van der Waals surface area contributed by atoms with Crippen LogP contribution in [0, 0.1) is 12.3 Å². The molecular formula is C18H17NO2. The molecule has 0 radical (unpaired) electrons. The number of terminal acetylenes is 1. The van der Waals surface area contributed by atoms with Gasteiger partial charge in [-0.15, -0.1) is 6.42 Å². The highest BCUT2D eigenvalue weighted by Gasteiger charge is 2.12. The van der Waals surface area contributed by atoms with Crippen LogP contribution < -0.4 is 5.32 Å². The molecule has 0 saturated heterocycles. The van der Waals surface area contributed by atoms with Crippen LogP contribution in [0.5, 0.6) is 0 Å². The Hall–Kier alpha value is -2.73. The molecule has 0 amide bonds. The van der Waals surface area contributed by atoms with E-state index in [0.29, 0.717) is 6.54 Å². The average Bonchev–Trinajstić information content (AvgIpc) is 2.53. The van der Waals surface area contributed by atoms with Crippen LogP contribution in [-0.4, -0.2) is 11.1 Å². The largest absolute Gasteiger partial charge is 0.481 e. The van der Waals surface area contributed by atoms with Crippen LogP contribution in [0.4, 0.5) is 5.69 Å². The molecule has 2 N–H and O–H groups in total. The van der Waals surface area contributed by atoms with E-state index in [0.717, 1.165) is 22.4 Å². The quantitative estimate of drug-likeness (QED) is 0.824. The predicted octanol–water partition coefficient (Wildman–Crippen LogP) is 3.47. The van der Waals surface area contributed by atoms with Gasteiger partial charge in [0, 0.05) is 17.8 Å². The number of carbonyl (C=O) groups is 1. The summed E-state index contributed by atoms with van der Waals surface area (Å²) in [6.45, 7) is 2.34. The molecule has 0 fully saturated rings. The topological polar surface area (TPSA) is 49.3 Å². The van der Waals surface area contributed by atoms with E-state index in [9.17, 15) is 4.79 Å². The van der Waals surface area contributed by atoms with Gasteiger partial charge >= 0.3 is 5.97 Å². The SMILES string of the molecule is C#Cc1cccc(NCc2ccc(C(C)C(=O)O)cc2)c1. The highest BCUT2D eigenvalue weighted by molar-refractivity contribution is 5.75. The number of hydrogen-bond donors (Lipinski definition) is 2. The summed E-state index contributed by atoms with van der Waals surface area (Å²) in [5.41, 5.74) is 3.70. The van der Waals surface area contributed by atoms with Crippen molar-refractivity contribution >= 4 is 11.7 Å². The zero-order valence-electron chi connectivity index (χ0n) is 11.8. The smallest absolute Gasteiger partial charge is 0.310 e. The van der Waals surface area contributed by atoms with E-state index in [1.165, 1.54) is 0 Å². The van der Waals surface area contributed by atoms with Crippen molar-refractivity contribution in [2.75, 3.05) is 5.32 Å². The average molecular weight is 279 g/mol. The van der Waals surface area contributed by atoms with Crippen molar-refractivity contribution in [3.8, 4) is 12.3 Å². The molecule has 1 atom stereocenters. The minimum atomic E-state index is -0.813. The molecule has 2 rings (SSSR count). The van der Waals surface area contributed by atoms with Crippen molar-refractivity contribution in [1.29, 1.82) is 0 Å². The fourth-order valence-electron chi connectivity index (χ4n) is 1.99. The first-order valence-electron chi connectivity index (χ1n) is 6.72. The zero-order valence-corrected chi connectivity index (χ0v) is 11.8. The molecule has 2 aromatic rings. The number of nitrogens with one attached hydrogen (secondary N) is 1. The number of hydrogen-bond acceptors (Lipinski definition) is 2. The van der Waals surface area contributed by atoms with Gasteiger partial charge in [-0.2, -0.15) is 0 Å². The number of carboxylic acid groups (broad SMARTS) is 1. The van der Waals surface area contributed by atoms with E-state index in [1.54, 1.807) is 6.92 Å². The van der Waals surface area contributed by atoms with Crippen molar-refractivity contribution in [3.05, 3.63) is 65.2 Å². The number of aliphatic carboxylic acids is 1. The van der Waals surface area contributed by atoms with Gasteiger partial charge in [0.25, 0.3) is 0 Å². The summed E-state index contributed by atoms with van der Waals surface area (Å²) in [5, 5.41) is 12.3. The molecule has 0 aliphatic rings. The van der Waals surface area contributed by atoms with Crippen LogP contribution in [0.2, 0.25) is 0 Å². The molecule has 1 unspecified atom stereocenters. The maximum absolute atomic E-state index is 10.9. The second kappa shape index (κ2) is 6.62. The number of rotatable bonds is 5. The number of anilines is 1. The van der Waals surface area contributed by atoms with Gasteiger partial charge in [-0.05, 0) is 36.2 Å². The monoisotopic (exact) mass is 279 g/mol. The van der Waals surface area contributed by atoms with Gasteiger partial charge in [0.05, 0.1) is 5.92 Å². The molecule has 21 heavy (non-hydrogen) atoms. The molecule has 0 saturated carbocycles. The minimum Gasteiger partial charge on any atom is -0.481 e. The minimum absolute atomic E-state index is 0.487. The van der Waals surface area contributed by atoms with Gasteiger partial charge in [-0.25, -0.2) is 0 Å². The fourth-order valence-corrected chi connectivity index (χ4v) is 1.99. The first-order valence-corrected chi connectivity index (χ1v) is 6.72. The van der Waals surface area contributed by atoms with Crippen LogP contribution in [0.15, 0.2) is 48.5 Å². The predicted molar refractivity (Wildman–Crippen MR) is 84.2 cm³/mol. The van der Waals surface area contributed by atoms with E-state index >= 15 is 0 Å². The lowest BCUT2D eigenvalue weighted by molar-refractivity contribution is -0.138. The Bertz CT molecular complexity index is 668. The molecule has 106 valence electrons. The Morgan fingerprint density at radius 2 is 2.00 bits per heavy atom. The van der Waals surface area contributed by atoms with Gasteiger partial charge in [-0.3, -0.25) is 4.79 Å². The van der Waals surface area contributed by atoms with Gasteiger partial charge in [0.2, 0.25) is 0 Å². The third-order valence-corrected chi connectivity index (χ3v) is 3.38. The van der Waals surface area contributed by atoms with Crippen molar-refractivity contribution in [1.82, 2.24) is 0 Å². The van der Waals surface area contributed by atoms with E-state index in [-0.39, 0.29) is 0 Å². The van der Waals surface area contributed by atoms with E-state index in [4.69, 9.17) is 11.5 Å². The van der Waals surface area contributed by atoms with Crippen LogP contribution in [0.25, 0.3) is 0 Å².